The zero-order valence-electron chi connectivity index (χ0n) is 21.0. The summed E-state index contributed by atoms with van der Waals surface area (Å²) < 4.78 is 6.39. The molecule has 1 N–H and O–H groups in total. The van der Waals surface area contributed by atoms with Crippen LogP contribution in [-0.2, 0) is 20.9 Å². The van der Waals surface area contributed by atoms with Crippen LogP contribution in [0.4, 0.5) is 5.69 Å². The van der Waals surface area contributed by atoms with E-state index >= 15 is 0 Å². The van der Waals surface area contributed by atoms with Gasteiger partial charge in [-0.3, -0.25) is 14.5 Å². The number of carbonyl (C=O) groups is 3. The number of ether oxygens (including phenoxy) is 1. The van der Waals surface area contributed by atoms with Crippen molar-refractivity contribution in [2.75, 3.05) is 18.6 Å². The summed E-state index contributed by atoms with van der Waals surface area (Å²) in [5, 5.41) is 13.2. The highest BCUT2D eigenvalue weighted by Gasteiger charge is 2.34. The molecule has 2 aromatic heterocycles. The van der Waals surface area contributed by atoms with Gasteiger partial charge in [0.05, 0.1) is 18.2 Å². The molecule has 0 bridgehead atoms. The van der Waals surface area contributed by atoms with Gasteiger partial charge in [-0.1, -0.05) is 43.3 Å². The Bertz CT molecular complexity index is 1380. The molecule has 0 aliphatic rings. The number of benzene rings is 2. The van der Waals surface area contributed by atoms with E-state index in [2.05, 4.69) is 29.5 Å². The van der Waals surface area contributed by atoms with E-state index in [1.54, 1.807) is 24.3 Å². The fourth-order valence-corrected chi connectivity index (χ4v) is 4.79. The van der Waals surface area contributed by atoms with Gasteiger partial charge in [0, 0.05) is 17.1 Å². The van der Waals surface area contributed by atoms with Crippen LogP contribution in [0.1, 0.15) is 41.5 Å². The summed E-state index contributed by atoms with van der Waals surface area (Å²) in [5.74, 6) is -0.806. The second-order valence-electron chi connectivity index (χ2n) is 8.93. The number of anilines is 1. The van der Waals surface area contributed by atoms with E-state index in [0.29, 0.717) is 34.1 Å². The molecule has 0 fully saturated rings. The van der Waals surface area contributed by atoms with E-state index in [1.165, 1.54) is 28.0 Å². The van der Waals surface area contributed by atoms with E-state index < -0.39 is 12.0 Å². The number of methoxy groups -OCH3 is 1. The van der Waals surface area contributed by atoms with Crippen LogP contribution in [0.2, 0.25) is 0 Å². The molecular formula is C27H29N5O4S. The Morgan fingerprint density at radius 2 is 1.89 bits per heavy atom. The monoisotopic (exact) mass is 519 g/mol. The van der Waals surface area contributed by atoms with Crippen molar-refractivity contribution in [1.82, 2.24) is 20.3 Å². The SMILES string of the molecule is COC(=O)c1cccc(N(C(=O)Cn2nnc3ccccc32)[C@@H](C(=O)NCCC(C)C)c2cccs2)c1. The van der Waals surface area contributed by atoms with Gasteiger partial charge in [0.2, 0.25) is 11.8 Å². The summed E-state index contributed by atoms with van der Waals surface area (Å²) in [5.41, 5.74) is 2.04. The number of amides is 2. The van der Waals surface area contributed by atoms with Crippen LogP contribution in [0.3, 0.4) is 0 Å². The highest BCUT2D eigenvalue weighted by Crippen LogP contribution is 2.32. The number of fused-ring (bicyclic) bond motifs is 1. The van der Waals surface area contributed by atoms with Crippen molar-refractivity contribution in [2.45, 2.75) is 32.9 Å². The van der Waals surface area contributed by atoms with Crippen LogP contribution in [-0.4, -0.2) is 46.4 Å². The minimum Gasteiger partial charge on any atom is -0.465 e. The lowest BCUT2D eigenvalue weighted by molar-refractivity contribution is -0.126. The molecule has 2 heterocycles. The first-order valence-corrected chi connectivity index (χ1v) is 12.9. The summed E-state index contributed by atoms with van der Waals surface area (Å²) in [6, 6.07) is 16.6. The van der Waals surface area contributed by atoms with E-state index in [9.17, 15) is 14.4 Å². The third-order valence-corrected chi connectivity index (χ3v) is 6.78. The van der Waals surface area contributed by atoms with Gasteiger partial charge in [-0.2, -0.15) is 0 Å². The highest BCUT2D eigenvalue weighted by molar-refractivity contribution is 7.10. The summed E-state index contributed by atoms with van der Waals surface area (Å²) in [4.78, 5) is 42.0. The number of hydrogen-bond donors (Lipinski definition) is 1. The number of para-hydroxylation sites is 1. The van der Waals surface area contributed by atoms with Crippen LogP contribution in [0, 0.1) is 5.92 Å². The smallest absolute Gasteiger partial charge is 0.337 e. The van der Waals surface area contributed by atoms with Crippen LogP contribution < -0.4 is 10.2 Å². The van der Waals surface area contributed by atoms with Crippen molar-refractivity contribution < 1.29 is 19.1 Å². The second kappa shape index (κ2) is 11.8. The molecule has 9 nitrogen and oxygen atoms in total. The van der Waals surface area contributed by atoms with Crippen molar-refractivity contribution in [2.24, 2.45) is 5.92 Å². The minimum atomic E-state index is -0.942. The maximum atomic E-state index is 14.0. The lowest BCUT2D eigenvalue weighted by Gasteiger charge is -2.31. The summed E-state index contributed by atoms with van der Waals surface area (Å²) >= 11 is 1.38. The quantitative estimate of drug-likeness (QED) is 0.315. The molecule has 0 saturated heterocycles. The number of hydrogen-bond acceptors (Lipinski definition) is 7. The van der Waals surface area contributed by atoms with Gasteiger partial charge in [-0.05, 0) is 54.1 Å². The molecule has 0 saturated carbocycles. The predicted molar refractivity (Wildman–Crippen MR) is 142 cm³/mol. The molecule has 10 heteroatoms. The number of esters is 1. The first-order chi connectivity index (χ1) is 17.9. The highest BCUT2D eigenvalue weighted by atomic mass is 32.1. The van der Waals surface area contributed by atoms with Gasteiger partial charge < -0.3 is 10.1 Å². The zero-order chi connectivity index (χ0) is 26.4. The first-order valence-electron chi connectivity index (χ1n) is 12.0. The van der Waals surface area contributed by atoms with Crippen LogP contribution in [0.15, 0.2) is 66.0 Å². The van der Waals surface area contributed by atoms with Crippen molar-refractivity contribution in [3.05, 3.63) is 76.5 Å². The molecule has 1 atom stereocenters. The normalized spacial score (nSPS) is 11.9. The lowest BCUT2D eigenvalue weighted by atomic mass is 10.1. The average Bonchev–Trinajstić information content (AvgIpc) is 3.57. The van der Waals surface area contributed by atoms with Crippen LogP contribution in [0.5, 0.6) is 0 Å². The van der Waals surface area contributed by atoms with Gasteiger partial charge in [-0.15, -0.1) is 16.4 Å². The van der Waals surface area contributed by atoms with E-state index in [-0.39, 0.29) is 23.9 Å². The largest absolute Gasteiger partial charge is 0.465 e. The lowest BCUT2D eigenvalue weighted by Crippen LogP contribution is -2.45. The third kappa shape index (κ3) is 6.03. The van der Waals surface area contributed by atoms with Gasteiger partial charge in [0.15, 0.2) is 0 Å². The molecule has 0 spiro atoms. The van der Waals surface area contributed by atoms with Crippen molar-refractivity contribution in [3.63, 3.8) is 0 Å². The Morgan fingerprint density at radius 3 is 2.62 bits per heavy atom. The van der Waals surface area contributed by atoms with Crippen molar-refractivity contribution in [3.8, 4) is 0 Å². The zero-order valence-corrected chi connectivity index (χ0v) is 21.8. The molecule has 4 rings (SSSR count). The second-order valence-corrected chi connectivity index (χ2v) is 9.91. The fraction of sp³-hybridized carbons (Fsp3) is 0.296. The predicted octanol–water partition coefficient (Wildman–Crippen LogP) is 4.22. The van der Waals surface area contributed by atoms with Gasteiger partial charge in [0.25, 0.3) is 0 Å². The van der Waals surface area contributed by atoms with Crippen LogP contribution >= 0.6 is 11.3 Å². The average molecular weight is 520 g/mol. The molecule has 37 heavy (non-hydrogen) atoms. The van der Waals surface area contributed by atoms with Gasteiger partial charge in [-0.25, -0.2) is 9.48 Å². The molecule has 0 unspecified atom stereocenters. The van der Waals surface area contributed by atoms with Gasteiger partial charge in [0.1, 0.15) is 18.1 Å². The molecule has 2 amide bonds. The van der Waals surface area contributed by atoms with E-state index in [0.717, 1.165) is 6.42 Å². The maximum absolute atomic E-state index is 14.0. The Morgan fingerprint density at radius 1 is 1.08 bits per heavy atom. The first kappa shape index (κ1) is 26.0. The maximum Gasteiger partial charge on any atom is 0.337 e. The summed E-state index contributed by atoms with van der Waals surface area (Å²) in [6.07, 6.45) is 0.805. The number of thiophene rings is 1. The van der Waals surface area contributed by atoms with Crippen molar-refractivity contribution >= 4 is 45.8 Å². The number of nitrogens with one attached hydrogen (secondary N) is 1. The van der Waals surface area contributed by atoms with Crippen LogP contribution in [0.25, 0.3) is 11.0 Å². The minimum absolute atomic E-state index is 0.149. The Balaban J connectivity index is 1.76. The van der Waals surface area contributed by atoms with Crippen molar-refractivity contribution in [1.29, 1.82) is 0 Å². The van der Waals surface area contributed by atoms with Gasteiger partial charge >= 0.3 is 5.97 Å². The Kier molecular flexibility index (Phi) is 8.29. The summed E-state index contributed by atoms with van der Waals surface area (Å²) in [7, 11) is 1.30. The topological polar surface area (TPSA) is 106 Å². The fourth-order valence-electron chi connectivity index (χ4n) is 3.98. The molecule has 0 aliphatic carbocycles. The number of aromatic nitrogens is 3. The number of rotatable bonds is 10. The standard InChI is InChI=1S/C27H29N5O4S/c1-18(2)13-14-28-26(34)25(23-12-7-15-37-23)32(20-9-6-8-19(16-20)27(35)36-3)24(33)17-31-22-11-5-4-10-21(22)29-30-31/h4-12,15-16,18,25H,13-14,17H2,1-3H3,(H,28,34)/t25-/m1/s1. The molecular weight excluding hydrogens is 490 g/mol. The molecule has 192 valence electrons. The molecule has 0 aliphatic heterocycles. The Labute approximate surface area is 219 Å². The molecule has 4 aromatic rings. The summed E-state index contributed by atoms with van der Waals surface area (Å²) in [6.45, 7) is 4.50. The third-order valence-electron chi connectivity index (χ3n) is 5.86. The number of carbonyl (C=O) groups excluding carboxylic acids is 3. The molecule has 2 aromatic carbocycles. The Hall–Kier alpha value is -4.05. The molecule has 0 radical (unpaired) electrons. The van der Waals surface area contributed by atoms with E-state index in [1.807, 2.05) is 41.8 Å². The van der Waals surface area contributed by atoms with E-state index in [4.69, 9.17) is 4.74 Å². The number of nitrogens with zero attached hydrogens (tertiary/aromatic N) is 4.